The van der Waals surface area contributed by atoms with E-state index in [9.17, 15) is 13.2 Å². The van der Waals surface area contributed by atoms with Gasteiger partial charge in [-0.1, -0.05) is 23.2 Å². The van der Waals surface area contributed by atoms with Crippen LogP contribution in [0.2, 0.25) is 10.0 Å². The predicted octanol–water partition coefficient (Wildman–Crippen LogP) is 4.43. The summed E-state index contributed by atoms with van der Waals surface area (Å²) in [6.07, 6.45) is 2.35. The fraction of sp³-hybridized carbons (Fsp3) is 0.0952. The van der Waals surface area contributed by atoms with Crippen LogP contribution in [0.1, 0.15) is 5.69 Å². The lowest BCUT2D eigenvalue weighted by atomic mass is 10.2. The number of sulfonamides is 1. The summed E-state index contributed by atoms with van der Waals surface area (Å²) in [6.45, 7) is 1.49. The first-order valence-electron chi connectivity index (χ1n) is 9.14. The summed E-state index contributed by atoms with van der Waals surface area (Å²) in [5.41, 5.74) is 1.96. The number of hydrogen-bond donors (Lipinski definition) is 0. The zero-order valence-electron chi connectivity index (χ0n) is 16.2. The van der Waals surface area contributed by atoms with Gasteiger partial charge in [0.1, 0.15) is 6.29 Å². The van der Waals surface area contributed by atoms with E-state index >= 15 is 0 Å². The highest BCUT2D eigenvalue weighted by molar-refractivity contribution is 7.92. The van der Waals surface area contributed by atoms with Gasteiger partial charge in [0, 0.05) is 21.6 Å². The largest absolute Gasteiger partial charge is 0.301 e. The smallest absolute Gasteiger partial charge is 0.264 e. The minimum Gasteiger partial charge on any atom is -0.301 e. The SMILES string of the molecule is Cc1ccc(-n2ccc3cc(N(CC=O)S(=O)(=O)c4cc(Cl)cc(Cl)c4)ccc32)nn1. The standard InChI is InChI=1S/C21H16Cl2N4O3S/c1-14-2-5-21(25-24-14)26-7-6-15-10-18(3-4-20(15)26)27(8-9-28)31(29,30)19-12-16(22)11-17(23)13-19/h2-7,9-13H,8H2,1H3. The molecule has 158 valence electrons. The Hall–Kier alpha value is -2.94. The average Bonchev–Trinajstić information content (AvgIpc) is 3.15. The molecular weight excluding hydrogens is 459 g/mol. The van der Waals surface area contributed by atoms with Gasteiger partial charge in [-0.25, -0.2) is 8.42 Å². The molecule has 0 bridgehead atoms. The minimum atomic E-state index is -4.08. The third kappa shape index (κ3) is 4.14. The zero-order valence-corrected chi connectivity index (χ0v) is 18.6. The molecule has 0 saturated carbocycles. The van der Waals surface area contributed by atoms with Gasteiger partial charge in [-0.3, -0.25) is 8.87 Å². The lowest BCUT2D eigenvalue weighted by Crippen LogP contribution is -2.32. The quantitative estimate of drug-likeness (QED) is 0.385. The van der Waals surface area contributed by atoms with Crippen molar-refractivity contribution in [1.29, 1.82) is 0 Å². The van der Waals surface area contributed by atoms with Crippen LogP contribution in [-0.4, -0.2) is 36.0 Å². The number of carbonyl (C=O) groups excluding carboxylic acids is 1. The van der Waals surface area contributed by atoms with Gasteiger partial charge in [0.15, 0.2) is 5.82 Å². The number of rotatable bonds is 6. The van der Waals surface area contributed by atoms with Crippen LogP contribution in [0.5, 0.6) is 0 Å². The molecular formula is C21H16Cl2N4O3S. The molecule has 7 nitrogen and oxygen atoms in total. The van der Waals surface area contributed by atoms with Crippen molar-refractivity contribution in [2.45, 2.75) is 11.8 Å². The maximum absolute atomic E-state index is 13.2. The number of nitrogens with zero attached hydrogens (tertiary/aromatic N) is 4. The highest BCUT2D eigenvalue weighted by atomic mass is 35.5. The molecule has 0 atom stereocenters. The summed E-state index contributed by atoms with van der Waals surface area (Å²) in [5, 5.41) is 9.40. The van der Waals surface area contributed by atoms with Crippen LogP contribution in [0, 0.1) is 6.92 Å². The molecule has 0 spiro atoms. The van der Waals surface area contributed by atoms with Crippen LogP contribution >= 0.6 is 23.2 Å². The molecule has 0 fully saturated rings. The molecule has 0 amide bonds. The average molecular weight is 475 g/mol. The molecule has 0 N–H and O–H groups in total. The third-order valence-electron chi connectivity index (χ3n) is 4.66. The van der Waals surface area contributed by atoms with Gasteiger partial charge < -0.3 is 4.79 Å². The van der Waals surface area contributed by atoms with Gasteiger partial charge in [-0.2, -0.15) is 5.10 Å². The first kappa shape index (κ1) is 21.3. The summed E-state index contributed by atoms with van der Waals surface area (Å²) >= 11 is 12.0. The number of benzene rings is 2. The Morgan fingerprint density at radius 1 is 1.00 bits per heavy atom. The van der Waals surface area contributed by atoms with E-state index in [4.69, 9.17) is 23.2 Å². The predicted molar refractivity (Wildman–Crippen MR) is 121 cm³/mol. The van der Waals surface area contributed by atoms with E-state index in [2.05, 4.69) is 10.2 Å². The molecule has 2 heterocycles. The van der Waals surface area contributed by atoms with Crippen LogP contribution in [0.15, 0.2) is 65.7 Å². The van der Waals surface area contributed by atoms with Gasteiger partial charge in [0.25, 0.3) is 10.0 Å². The number of carbonyl (C=O) groups is 1. The Kier molecular flexibility index (Phi) is 5.70. The molecule has 2 aromatic heterocycles. The molecule has 0 unspecified atom stereocenters. The Labute approximate surface area is 188 Å². The van der Waals surface area contributed by atoms with Crippen molar-refractivity contribution in [1.82, 2.24) is 14.8 Å². The monoisotopic (exact) mass is 474 g/mol. The van der Waals surface area contributed by atoms with Gasteiger partial charge >= 0.3 is 0 Å². The van der Waals surface area contributed by atoms with Gasteiger partial charge in [0.05, 0.1) is 28.3 Å². The van der Waals surface area contributed by atoms with E-state index in [1.54, 1.807) is 18.2 Å². The number of hydrogen-bond acceptors (Lipinski definition) is 5. The number of fused-ring (bicyclic) bond motifs is 1. The fourth-order valence-corrected chi connectivity index (χ4v) is 5.33. The number of aryl methyl sites for hydroxylation is 1. The number of aromatic nitrogens is 3. The summed E-state index contributed by atoms with van der Waals surface area (Å²) < 4.78 is 29.4. The van der Waals surface area contributed by atoms with E-state index in [0.717, 1.165) is 20.9 Å². The van der Waals surface area contributed by atoms with E-state index in [1.807, 2.05) is 35.9 Å². The summed E-state index contributed by atoms with van der Waals surface area (Å²) in [5.74, 6) is 0.638. The molecule has 0 aliphatic heterocycles. The van der Waals surface area contributed by atoms with E-state index in [-0.39, 0.29) is 21.5 Å². The van der Waals surface area contributed by atoms with Crippen molar-refractivity contribution < 1.29 is 13.2 Å². The van der Waals surface area contributed by atoms with Crippen molar-refractivity contribution in [2.75, 3.05) is 10.8 Å². The Balaban J connectivity index is 1.79. The molecule has 10 heteroatoms. The fourth-order valence-electron chi connectivity index (χ4n) is 3.22. The van der Waals surface area contributed by atoms with Crippen LogP contribution < -0.4 is 4.31 Å². The molecule has 4 rings (SSSR count). The molecule has 2 aromatic carbocycles. The summed E-state index contributed by atoms with van der Waals surface area (Å²) in [6, 6.07) is 14.7. The second-order valence-corrected chi connectivity index (χ2v) is 9.50. The summed E-state index contributed by atoms with van der Waals surface area (Å²) in [4.78, 5) is 11.2. The highest BCUT2D eigenvalue weighted by Crippen LogP contribution is 2.30. The van der Waals surface area contributed by atoms with Gasteiger partial charge in [-0.15, -0.1) is 5.10 Å². The van der Waals surface area contributed by atoms with Crippen molar-refractivity contribution in [2.24, 2.45) is 0 Å². The van der Waals surface area contributed by atoms with Gasteiger partial charge in [-0.05, 0) is 61.5 Å². The highest BCUT2D eigenvalue weighted by Gasteiger charge is 2.26. The molecule has 0 aliphatic rings. The van der Waals surface area contributed by atoms with Crippen LogP contribution in [0.3, 0.4) is 0 Å². The molecule has 0 aliphatic carbocycles. The number of aldehydes is 1. The lowest BCUT2D eigenvalue weighted by Gasteiger charge is -2.22. The van der Waals surface area contributed by atoms with Crippen LogP contribution in [0.25, 0.3) is 16.7 Å². The first-order chi connectivity index (χ1) is 14.8. The number of halogens is 2. The Morgan fingerprint density at radius 3 is 2.39 bits per heavy atom. The van der Waals surface area contributed by atoms with Crippen molar-refractivity contribution in [3.63, 3.8) is 0 Å². The molecule has 0 radical (unpaired) electrons. The molecule has 4 aromatic rings. The second kappa shape index (κ2) is 8.30. The Bertz CT molecular complexity index is 1370. The van der Waals surface area contributed by atoms with E-state index in [1.165, 1.54) is 18.2 Å². The van der Waals surface area contributed by atoms with Gasteiger partial charge in [0.2, 0.25) is 0 Å². The topological polar surface area (TPSA) is 85.2 Å². The summed E-state index contributed by atoms with van der Waals surface area (Å²) in [7, 11) is -4.08. The lowest BCUT2D eigenvalue weighted by molar-refractivity contribution is -0.106. The Morgan fingerprint density at radius 2 is 1.74 bits per heavy atom. The maximum atomic E-state index is 13.2. The van der Waals surface area contributed by atoms with Crippen molar-refractivity contribution in [3.8, 4) is 5.82 Å². The number of anilines is 1. The van der Waals surface area contributed by atoms with Crippen molar-refractivity contribution in [3.05, 3.63) is 76.5 Å². The van der Waals surface area contributed by atoms with Crippen molar-refractivity contribution >= 4 is 56.1 Å². The maximum Gasteiger partial charge on any atom is 0.264 e. The van der Waals surface area contributed by atoms with E-state index < -0.39 is 10.0 Å². The molecule has 0 saturated heterocycles. The van der Waals surface area contributed by atoms with Crippen LogP contribution in [-0.2, 0) is 14.8 Å². The van der Waals surface area contributed by atoms with Crippen LogP contribution in [0.4, 0.5) is 5.69 Å². The normalized spacial score (nSPS) is 11.6. The van der Waals surface area contributed by atoms with E-state index in [0.29, 0.717) is 17.8 Å². The third-order valence-corrected chi connectivity index (χ3v) is 6.86. The first-order valence-corrected chi connectivity index (χ1v) is 11.3. The second-order valence-electron chi connectivity index (χ2n) is 6.77. The molecule has 31 heavy (non-hydrogen) atoms. The zero-order chi connectivity index (χ0) is 22.2. The minimum absolute atomic E-state index is 0.0977.